The number of benzene rings is 3. The Morgan fingerprint density at radius 3 is 2.36 bits per heavy atom. The molecular weight excluding hydrogens is 462 g/mol. The Kier molecular flexibility index (Phi) is 6.43. The van der Waals surface area contributed by atoms with Gasteiger partial charge in [0.15, 0.2) is 5.11 Å². The van der Waals surface area contributed by atoms with Gasteiger partial charge in [-0.05, 0) is 73.2 Å². The first-order chi connectivity index (χ1) is 15.9. The third-order valence-corrected chi connectivity index (χ3v) is 5.37. The Labute approximate surface area is 200 Å². The third kappa shape index (κ3) is 4.89. The van der Waals surface area contributed by atoms with Crippen molar-refractivity contribution >= 4 is 51.6 Å². The zero-order valence-electron chi connectivity index (χ0n) is 18.0. The average molecular weight is 482 g/mol. The van der Waals surface area contributed by atoms with Crippen LogP contribution < -0.4 is 20.1 Å². The standard InChI is InChI=1S/C23H20ClN5O3S/c1-13-10-19-20(28-29(27-19)15-6-4-14(24)5-7-15)12-18(13)25-23(33)26-22(30)17-9-8-16(31-2)11-21(17)32-3/h4-12H,1-3H3,(H2,25,26,30,33). The number of hydrogen-bond acceptors (Lipinski definition) is 6. The molecule has 0 aliphatic carbocycles. The Balaban J connectivity index is 1.52. The van der Waals surface area contributed by atoms with E-state index in [0.29, 0.717) is 33.3 Å². The van der Waals surface area contributed by atoms with Crippen LogP contribution in [0.15, 0.2) is 54.6 Å². The summed E-state index contributed by atoms with van der Waals surface area (Å²) in [4.78, 5) is 14.3. The van der Waals surface area contributed by atoms with Crippen molar-refractivity contribution in [3.8, 4) is 17.2 Å². The molecule has 0 bridgehead atoms. The number of anilines is 1. The maximum atomic E-state index is 12.7. The molecule has 0 saturated carbocycles. The van der Waals surface area contributed by atoms with E-state index in [1.165, 1.54) is 7.11 Å². The molecule has 0 atom stereocenters. The number of fused-ring (bicyclic) bond motifs is 1. The number of hydrogen-bond donors (Lipinski definition) is 2. The van der Waals surface area contributed by atoms with Gasteiger partial charge in [-0.2, -0.15) is 4.80 Å². The summed E-state index contributed by atoms with van der Waals surface area (Å²) in [6.07, 6.45) is 0. The summed E-state index contributed by atoms with van der Waals surface area (Å²) in [6, 6.07) is 15.9. The van der Waals surface area contributed by atoms with Gasteiger partial charge in [0.2, 0.25) is 0 Å². The number of methoxy groups -OCH3 is 2. The van der Waals surface area contributed by atoms with Crippen LogP contribution in [0.3, 0.4) is 0 Å². The molecule has 10 heteroatoms. The molecule has 0 unspecified atom stereocenters. The Morgan fingerprint density at radius 1 is 1.00 bits per heavy atom. The summed E-state index contributed by atoms with van der Waals surface area (Å²) in [7, 11) is 3.03. The number of rotatable bonds is 5. The van der Waals surface area contributed by atoms with Crippen LogP contribution in [0.25, 0.3) is 16.7 Å². The van der Waals surface area contributed by atoms with Crippen LogP contribution in [0, 0.1) is 6.92 Å². The second-order valence-electron chi connectivity index (χ2n) is 7.10. The minimum atomic E-state index is -0.403. The number of nitrogens with one attached hydrogen (secondary N) is 2. The van der Waals surface area contributed by atoms with E-state index in [4.69, 9.17) is 33.3 Å². The molecule has 0 fully saturated rings. The maximum absolute atomic E-state index is 12.7. The van der Waals surface area contributed by atoms with Gasteiger partial charge in [-0.1, -0.05) is 11.6 Å². The number of aryl methyl sites for hydroxylation is 1. The second kappa shape index (κ2) is 9.43. The molecule has 0 aliphatic heterocycles. The number of thiocarbonyl (C=S) groups is 1. The van der Waals surface area contributed by atoms with E-state index >= 15 is 0 Å². The zero-order valence-corrected chi connectivity index (χ0v) is 19.6. The van der Waals surface area contributed by atoms with E-state index in [1.54, 1.807) is 42.2 Å². The normalized spacial score (nSPS) is 10.7. The summed E-state index contributed by atoms with van der Waals surface area (Å²) < 4.78 is 10.5. The molecule has 1 heterocycles. The highest BCUT2D eigenvalue weighted by Crippen LogP contribution is 2.25. The van der Waals surface area contributed by atoms with Crippen molar-refractivity contribution in [2.24, 2.45) is 0 Å². The Morgan fingerprint density at radius 2 is 1.70 bits per heavy atom. The Bertz CT molecular complexity index is 1350. The quantitative estimate of drug-likeness (QED) is 0.405. The number of carbonyl (C=O) groups is 1. The fourth-order valence-corrected chi connectivity index (χ4v) is 3.53. The molecule has 1 amide bonds. The first kappa shape index (κ1) is 22.5. The van der Waals surface area contributed by atoms with E-state index < -0.39 is 5.91 Å². The van der Waals surface area contributed by atoms with Crippen molar-refractivity contribution < 1.29 is 14.3 Å². The lowest BCUT2D eigenvalue weighted by atomic mass is 10.1. The SMILES string of the molecule is COc1ccc(C(=O)NC(=S)Nc2cc3nn(-c4ccc(Cl)cc4)nc3cc2C)c(OC)c1. The first-order valence-corrected chi connectivity index (χ1v) is 10.6. The van der Waals surface area contributed by atoms with Crippen molar-refractivity contribution in [1.82, 2.24) is 20.3 Å². The smallest absolute Gasteiger partial charge is 0.261 e. The lowest BCUT2D eigenvalue weighted by Gasteiger charge is -2.13. The monoisotopic (exact) mass is 481 g/mol. The molecule has 8 nitrogen and oxygen atoms in total. The van der Waals surface area contributed by atoms with Gasteiger partial charge in [-0.15, -0.1) is 10.2 Å². The average Bonchev–Trinajstić information content (AvgIpc) is 3.21. The van der Waals surface area contributed by atoms with Crippen LogP contribution in [-0.2, 0) is 0 Å². The van der Waals surface area contributed by atoms with Crippen LogP contribution in [-0.4, -0.2) is 40.2 Å². The van der Waals surface area contributed by atoms with E-state index in [2.05, 4.69) is 20.8 Å². The molecule has 33 heavy (non-hydrogen) atoms. The van der Waals surface area contributed by atoms with E-state index in [-0.39, 0.29) is 5.11 Å². The Hall–Kier alpha value is -3.69. The first-order valence-electron chi connectivity index (χ1n) is 9.86. The van der Waals surface area contributed by atoms with E-state index in [9.17, 15) is 4.79 Å². The number of halogens is 1. The summed E-state index contributed by atoms with van der Waals surface area (Å²) in [5.74, 6) is 0.560. The van der Waals surface area contributed by atoms with Crippen LogP contribution >= 0.6 is 23.8 Å². The molecule has 4 rings (SSSR count). The predicted molar refractivity (Wildman–Crippen MR) is 132 cm³/mol. The number of carbonyl (C=O) groups excluding carboxylic acids is 1. The number of nitrogens with zero attached hydrogens (tertiary/aromatic N) is 3. The van der Waals surface area contributed by atoms with Gasteiger partial charge < -0.3 is 14.8 Å². The van der Waals surface area contributed by atoms with Gasteiger partial charge >= 0.3 is 0 Å². The second-order valence-corrected chi connectivity index (χ2v) is 7.94. The highest BCUT2D eigenvalue weighted by atomic mass is 35.5. The fourth-order valence-electron chi connectivity index (χ4n) is 3.20. The highest BCUT2D eigenvalue weighted by molar-refractivity contribution is 7.80. The molecule has 1 aromatic heterocycles. The van der Waals surface area contributed by atoms with Gasteiger partial charge in [0.1, 0.15) is 22.5 Å². The van der Waals surface area contributed by atoms with Gasteiger partial charge in [0, 0.05) is 16.8 Å². The molecule has 168 valence electrons. The van der Waals surface area contributed by atoms with Crippen LogP contribution in [0.4, 0.5) is 5.69 Å². The summed E-state index contributed by atoms with van der Waals surface area (Å²) in [5, 5.41) is 15.6. The molecule has 3 aromatic carbocycles. The molecule has 0 aliphatic rings. The predicted octanol–water partition coefficient (Wildman–Crippen LogP) is 4.53. The van der Waals surface area contributed by atoms with Gasteiger partial charge in [0.25, 0.3) is 5.91 Å². The summed E-state index contributed by atoms with van der Waals surface area (Å²) >= 11 is 11.3. The minimum absolute atomic E-state index is 0.144. The van der Waals surface area contributed by atoms with Crippen molar-refractivity contribution in [3.05, 3.63) is 70.7 Å². The lowest BCUT2D eigenvalue weighted by Crippen LogP contribution is -2.34. The molecule has 0 radical (unpaired) electrons. The van der Waals surface area contributed by atoms with Gasteiger partial charge in [0.05, 0.1) is 25.5 Å². The molecule has 4 aromatic rings. The van der Waals surface area contributed by atoms with Crippen LogP contribution in [0.1, 0.15) is 15.9 Å². The third-order valence-electron chi connectivity index (χ3n) is 4.91. The van der Waals surface area contributed by atoms with Crippen molar-refractivity contribution in [2.75, 3.05) is 19.5 Å². The summed E-state index contributed by atoms with van der Waals surface area (Å²) in [5.41, 5.74) is 4.12. The van der Waals surface area contributed by atoms with Crippen LogP contribution in [0.2, 0.25) is 5.02 Å². The number of aromatic nitrogens is 3. The largest absolute Gasteiger partial charge is 0.497 e. The molecule has 2 N–H and O–H groups in total. The molecular formula is C23H20ClN5O3S. The number of amides is 1. The van der Waals surface area contributed by atoms with Crippen LogP contribution in [0.5, 0.6) is 11.5 Å². The van der Waals surface area contributed by atoms with Crippen molar-refractivity contribution in [3.63, 3.8) is 0 Å². The van der Waals surface area contributed by atoms with Gasteiger partial charge in [-0.25, -0.2) is 0 Å². The number of ether oxygens (including phenoxy) is 2. The minimum Gasteiger partial charge on any atom is -0.497 e. The molecule has 0 saturated heterocycles. The van der Waals surface area contributed by atoms with E-state index in [1.807, 2.05) is 31.2 Å². The maximum Gasteiger partial charge on any atom is 0.261 e. The van der Waals surface area contributed by atoms with Crippen molar-refractivity contribution in [1.29, 1.82) is 0 Å². The molecule has 0 spiro atoms. The topological polar surface area (TPSA) is 90.3 Å². The lowest BCUT2D eigenvalue weighted by molar-refractivity contribution is 0.0974. The van der Waals surface area contributed by atoms with Gasteiger partial charge in [-0.3, -0.25) is 10.1 Å². The fraction of sp³-hybridized carbons (Fsp3) is 0.130. The van der Waals surface area contributed by atoms with Crippen molar-refractivity contribution in [2.45, 2.75) is 6.92 Å². The zero-order chi connectivity index (χ0) is 23.5. The highest BCUT2D eigenvalue weighted by Gasteiger charge is 2.16. The summed E-state index contributed by atoms with van der Waals surface area (Å²) in [6.45, 7) is 1.92. The van der Waals surface area contributed by atoms with E-state index in [0.717, 1.165) is 16.8 Å².